The van der Waals surface area contributed by atoms with E-state index >= 15 is 0 Å². The fraction of sp³-hybridized carbons (Fsp3) is 0.312. The van der Waals surface area contributed by atoms with E-state index in [1.54, 1.807) is 12.1 Å². The van der Waals surface area contributed by atoms with Gasteiger partial charge in [-0.15, -0.1) is 10.2 Å². The Hall–Kier alpha value is -2.21. The van der Waals surface area contributed by atoms with Gasteiger partial charge in [-0.3, -0.25) is 4.79 Å². The molecule has 1 aromatic carbocycles. The van der Waals surface area contributed by atoms with Gasteiger partial charge in [0.15, 0.2) is 11.5 Å². The van der Waals surface area contributed by atoms with Crippen LogP contribution in [0.15, 0.2) is 30.3 Å². The molecule has 0 fully saturated rings. The Labute approximate surface area is 139 Å². The van der Waals surface area contributed by atoms with Crippen LogP contribution in [0.4, 0.5) is 15.9 Å². The number of amides is 1. The van der Waals surface area contributed by atoms with Gasteiger partial charge in [-0.25, -0.2) is 4.39 Å². The number of nitrogens with one attached hydrogen (secondary N) is 1. The van der Waals surface area contributed by atoms with E-state index in [-0.39, 0.29) is 10.7 Å². The first-order valence-electron chi connectivity index (χ1n) is 7.32. The molecule has 2 rings (SSSR count). The molecule has 1 amide bonds. The molecule has 0 radical (unpaired) electrons. The Kier molecular flexibility index (Phi) is 5.87. The Morgan fingerprint density at radius 2 is 2.09 bits per heavy atom. The van der Waals surface area contributed by atoms with Gasteiger partial charge in [0.1, 0.15) is 5.82 Å². The summed E-state index contributed by atoms with van der Waals surface area (Å²) in [6.45, 7) is 3.00. The number of hydrogen-bond acceptors (Lipinski definition) is 4. The highest BCUT2D eigenvalue weighted by molar-refractivity contribution is 6.31. The summed E-state index contributed by atoms with van der Waals surface area (Å²) < 4.78 is 13.1. The van der Waals surface area contributed by atoms with Gasteiger partial charge in [-0.05, 0) is 36.8 Å². The summed E-state index contributed by atoms with van der Waals surface area (Å²) in [7, 11) is 1.93. The quantitative estimate of drug-likeness (QED) is 0.872. The average Bonchev–Trinajstić information content (AvgIpc) is 2.56. The van der Waals surface area contributed by atoms with Crippen LogP contribution in [-0.2, 0) is 0 Å². The normalized spacial score (nSPS) is 10.4. The summed E-state index contributed by atoms with van der Waals surface area (Å²) >= 11 is 5.68. The van der Waals surface area contributed by atoms with Crippen molar-refractivity contribution in [3.8, 4) is 0 Å². The molecule has 1 heterocycles. The van der Waals surface area contributed by atoms with Crippen LogP contribution in [0.3, 0.4) is 0 Å². The Balaban J connectivity index is 2.03. The largest absolute Gasteiger partial charge is 0.358 e. The van der Waals surface area contributed by atoms with Crippen LogP contribution in [0, 0.1) is 5.82 Å². The zero-order valence-corrected chi connectivity index (χ0v) is 13.8. The van der Waals surface area contributed by atoms with Gasteiger partial charge in [-0.2, -0.15) is 0 Å². The molecule has 1 N–H and O–H groups in total. The molecule has 0 aliphatic heterocycles. The van der Waals surface area contributed by atoms with E-state index in [0.717, 1.165) is 19.4 Å². The lowest BCUT2D eigenvalue weighted by Gasteiger charge is -2.16. The minimum atomic E-state index is -0.538. The Bertz CT molecular complexity index is 678. The van der Waals surface area contributed by atoms with E-state index in [1.807, 2.05) is 11.9 Å². The van der Waals surface area contributed by atoms with Gasteiger partial charge in [0, 0.05) is 19.3 Å². The van der Waals surface area contributed by atoms with Crippen LogP contribution in [-0.4, -0.2) is 29.7 Å². The summed E-state index contributed by atoms with van der Waals surface area (Å²) in [5, 5.41) is 10.5. The van der Waals surface area contributed by atoms with E-state index in [4.69, 9.17) is 11.6 Å². The summed E-state index contributed by atoms with van der Waals surface area (Å²) in [5.74, 6) is -0.258. The van der Waals surface area contributed by atoms with Crippen molar-refractivity contribution in [2.75, 3.05) is 23.8 Å². The minimum absolute atomic E-state index is 0.0539. The highest BCUT2D eigenvalue weighted by Gasteiger charge is 2.11. The lowest BCUT2D eigenvalue weighted by atomic mass is 10.3. The molecule has 0 saturated heterocycles. The van der Waals surface area contributed by atoms with Crippen molar-refractivity contribution in [2.24, 2.45) is 0 Å². The molecule has 0 atom stereocenters. The molecule has 0 saturated carbocycles. The van der Waals surface area contributed by atoms with Crippen molar-refractivity contribution in [2.45, 2.75) is 19.8 Å². The van der Waals surface area contributed by atoms with Gasteiger partial charge >= 0.3 is 0 Å². The average molecular weight is 337 g/mol. The van der Waals surface area contributed by atoms with Crippen LogP contribution in [0.2, 0.25) is 5.02 Å². The number of aromatic nitrogens is 2. The summed E-state index contributed by atoms with van der Waals surface area (Å²) in [6, 6.07) is 7.31. The van der Waals surface area contributed by atoms with Gasteiger partial charge in [0.05, 0.1) is 5.02 Å². The maximum Gasteiger partial charge on any atom is 0.276 e. The number of anilines is 2. The number of rotatable bonds is 6. The molecule has 1 aromatic heterocycles. The van der Waals surface area contributed by atoms with Crippen molar-refractivity contribution in [3.63, 3.8) is 0 Å². The number of unbranched alkanes of at least 4 members (excludes halogenated alkanes) is 1. The van der Waals surface area contributed by atoms with Gasteiger partial charge in [0.25, 0.3) is 5.91 Å². The molecule has 0 bridgehead atoms. The van der Waals surface area contributed by atoms with E-state index in [0.29, 0.717) is 11.5 Å². The molecule has 0 spiro atoms. The summed E-state index contributed by atoms with van der Waals surface area (Å²) in [5.41, 5.74) is 0.574. The lowest BCUT2D eigenvalue weighted by molar-refractivity contribution is 0.102. The minimum Gasteiger partial charge on any atom is -0.358 e. The van der Waals surface area contributed by atoms with E-state index < -0.39 is 11.7 Å². The molecule has 7 heteroatoms. The number of halogens is 2. The van der Waals surface area contributed by atoms with E-state index in [1.165, 1.54) is 18.2 Å². The highest BCUT2D eigenvalue weighted by Crippen LogP contribution is 2.19. The van der Waals surface area contributed by atoms with Crippen molar-refractivity contribution in [3.05, 3.63) is 46.9 Å². The third-order valence-electron chi connectivity index (χ3n) is 3.30. The second kappa shape index (κ2) is 7.87. The smallest absolute Gasteiger partial charge is 0.276 e. The first kappa shape index (κ1) is 17.1. The zero-order chi connectivity index (χ0) is 16.8. The number of carbonyl (C=O) groups excluding carboxylic acids is 1. The standard InChI is InChI=1S/C16H18ClFN4O/c1-3-4-9-22(2)15-8-7-14(20-21-15)16(23)19-11-5-6-13(18)12(17)10-11/h5-8,10H,3-4,9H2,1-2H3,(H,19,23). The Morgan fingerprint density at radius 1 is 1.30 bits per heavy atom. The molecule has 0 unspecified atom stereocenters. The summed E-state index contributed by atoms with van der Waals surface area (Å²) in [6.07, 6.45) is 2.16. The SMILES string of the molecule is CCCCN(C)c1ccc(C(=O)Nc2ccc(F)c(Cl)c2)nn1. The monoisotopic (exact) mass is 336 g/mol. The summed E-state index contributed by atoms with van der Waals surface area (Å²) in [4.78, 5) is 14.1. The number of carbonyl (C=O) groups is 1. The molecule has 23 heavy (non-hydrogen) atoms. The zero-order valence-electron chi connectivity index (χ0n) is 13.0. The van der Waals surface area contributed by atoms with Crippen molar-refractivity contribution >= 4 is 29.0 Å². The maximum atomic E-state index is 13.1. The van der Waals surface area contributed by atoms with Crippen LogP contribution in [0.25, 0.3) is 0 Å². The van der Waals surface area contributed by atoms with Crippen molar-refractivity contribution in [1.29, 1.82) is 0 Å². The van der Waals surface area contributed by atoms with Crippen molar-refractivity contribution in [1.82, 2.24) is 10.2 Å². The molecular formula is C16H18ClFN4O. The predicted octanol–water partition coefficient (Wildman–Crippen LogP) is 3.76. The maximum absolute atomic E-state index is 13.1. The van der Waals surface area contributed by atoms with Gasteiger partial charge in [-0.1, -0.05) is 24.9 Å². The molecule has 2 aromatic rings. The van der Waals surface area contributed by atoms with Crippen LogP contribution in [0.1, 0.15) is 30.3 Å². The lowest BCUT2D eigenvalue weighted by Crippen LogP contribution is -2.21. The first-order chi connectivity index (χ1) is 11.0. The number of benzene rings is 1. The Morgan fingerprint density at radius 3 is 2.70 bits per heavy atom. The molecule has 122 valence electrons. The van der Waals surface area contributed by atoms with Gasteiger partial charge < -0.3 is 10.2 Å². The van der Waals surface area contributed by atoms with Crippen LogP contribution < -0.4 is 10.2 Å². The molecular weight excluding hydrogens is 319 g/mol. The van der Waals surface area contributed by atoms with Gasteiger partial charge in [0.2, 0.25) is 0 Å². The van der Waals surface area contributed by atoms with E-state index in [9.17, 15) is 9.18 Å². The number of nitrogens with zero attached hydrogens (tertiary/aromatic N) is 3. The van der Waals surface area contributed by atoms with Crippen molar-refractivity contribution < 1.29 is 9.18 Å². The first-order valence-corrected chi connectivity index (χ1v) is 7.70. The van der Waals surface area contributed by atoms with E-state index in [2.05, 4.69) is 22.4 Å². The topological polar surface area (TPSA) is 58.1 Å². The number of hydrogen-bond donors (Lipinski definition) is 1. The third kappa shape index (κ3) is 4.63. The molecule has 5 nitrogen and oxygen atoms in total. The fourth-order valence-corrected chi connectivity index (χ4v) is 2.11. The third-order valence-corrected chi connectivity index (χ3v) is 3.59. The molecule has 0 aliphatic rings. The second-order valence-electron chi connectivity index (χ2n) is 5.13. The highest BCUT2D eigenvalue weighted by atomic mass is 35.5. The second-order valence-corrected chi connectivity index (χ2v) is 5.54. The fourth-order valence-electron chi connectivity index (χ4n) is 1.93. The predicted molar refractivity (Wildman–Crippen MR) is 89.6 cm³/mol. The van der Waals surface area contributed by atoms with Crippen LogP contribution in [0.5, 0.6) is 0 Å². The molecule has 0 aliphatic carbocycles. The van der Waals surface area contributed by atoms with Crippen LogP contribution >= 0.6 is 11.6 Å².